The Morgan fingerprint density at radius 1 is 0.594 bits per heavy atom. The number of aryl methyl sites for hydroxylation is 5. The molecule has 0 aliphatic carbocycles. The van der Waals surface area contributed by atoms with Crippen LogP contribution in [0.25, 0.3) is 43.9 Å². The quantitative estimate of drug-likeness (QED) is 0.0787. The van der Waals surface area contributed by atoms with E-state index in [2.05, 4.69) is 88.3 Å². The van der Waals surface area contributed by atoms with Crippen LogP contribution in [0.2, 0.25) is 30.1 Å². The summed E-state index contributed by atoms with van der Waals surface area (Å²) in [5, 5.41) is 33.6. The molecule has 0 radical (unpaired) electrons. The van der Waals surface area contributed by atoms with Crippen molar-refractivity contribution < 1.29 is 23.8 Å². The molecule has 494 valence electrons. The topological polar surface area (TPSA) is 232 Å². The number of H-pyrrole nitrogens is 1. The van der Waals surface area contributed by atoms with E-state index in [1.807, 2.05) is 45.4 Å². The number of pyridine rings is 1. The number of carbonyl (C=O) groups is 2. The number of para-hydroxylation sites is 3. The maximum absolute atomic E-state index is 13.0. The average molecular weight is 1480 g/mol. The van der Waals surface area contributed by atoms with Crippen molar-refractivity contribution in [1.82, 2.24) is 33.6 Å². The van der Waals surface area contributed by atoms with Crippen LogP contribution in [-0.4, -0.2) is 86.4 Å². The fourth-order valence-corrected chi connectivity index (χ4v) is 11.9. The summed E-state index contributed by atoms with van der Waals surface area (Å²) in [6, 6.07) is 25.6. The maximum atomic E-state index is 13.0. The van der Waals surface area contributed by atoms with Crippen molar-refractivity contribution >= 4 is 176 Å². The maximum Gasteiger partial charge on any atom is 0.258 e. The molecule has 0 bridgehead atoms. The van der Waals surface area contributed by atoms with Gasteiger partial charge in [0, 0.05) is 63.5 Å². The zero-order chi connectivity index (χ0) is 70.8. The molecule has 4 N–H and O–H groups in total. The fraction of sp³-hybridized carbons (Fsp3) is 0.268. The first-order chi connectivity index (χ1) is 45.5. The molecule has 10 rings (SSSR count). The van der Waals surface area contributed by atoms with Crippen molar-refractivity contribution in [3.05, 3.63) is 162 Å². The molecule has 0 amide bonds. The number of hydrogen-bond acceptors (Lipinski definition) is 14. The van der Waals surface area contributed by atoms with E-state index in [1.54, 1.807) is 125 Å². The molecular weight excluding hydrogens is 1410 g/mol. The number of imidazole rings is 3. The smallest absolute Gasteiger partial charge is 0.258 e. The molecule has 96 heavy (non-hydrogen) atoms. The average Bonchev–Trinajstić information content (AvgIpc) is 1.52. The highest BCUT2D eigenvalue weighted by Gasteiger charge is 2.34. The Hall–Kier alpha value is -8.56. The largest absolute Gasteiger partial charge is 0.372 e. The minimum Gasteiger partial charge on any atom is -0.372 e. The van der Waals surface area contributed by atoms with Crippen molar-refractivity contribution in [3.63, 3.8) is 0 Å². The Morgan fingerprint density at radius 2 is 0.948 bits per heavy atom. The van der Waals surface area contributed by atoms with Crippen LogP contribution < -0.4 is 21.5 Å². The van der Waals surface area contributed by atoms with Gasteiger partial charge in [0.2, 0.25) is 17.8 Å². The number of anilines is 6. The van der Waals surface area contributed by atoms with Gasteiger partial charge in [-0.2, -0.15) is 10.5 Å². The molecule has 0 saturated heterocycles. The van der Waals surface area contributed by atoms with Gasteiger partial charge in [-0.05, 0) is 148 Å². The van der Waals surface area contributed by atoms with Gasteiger partial charge in [-0.25, -0.2) is 15.0 Å². The second-order valence-corrected chi connectivity index (χ2v) is 25.9. The molecule has 0 aliphatic heterocycles. The summed E-state index contributed by atoms with van der Waals surface area (Å²) in [5.41, 5.74) is 8.41. The standard InChI is InChI=1S/C24H22Cl2N4O2.C23H20Cl2N4O2.C20H17BrCl2N4O.C4H6O/c1-14(31)24(2,3)17-12-15(8-7-11-32-5)20-22(16(17)13-27)30(4)23(28-20)29-21-18(25)9-6-10-19(21)26;1-12-13(2)26-22(30)18-15(12)11-14(7-6-10-31-4)19-21(18)29(3)23(27-19)28-20-16(24)8-5-9-17(20)25;1-10(28)20(2,3)12-8-13(21)16-18(11(12)9-24)27(4)19(25-16)26-17-14(22)6-5-7-15(17)23;1-3-4-5-2/h6,9-10,12H,11H2,1-5H3,(H,28,29);5,8-9,11H,10H2,1-4H3,(H,26,30)(H,27,28);5-8H,1-4H3,(H,25,26);1H,4H2,2H3. The van der Waals surface area contributed by atoms with Gasteiger partial charge in [0.1, 0.15) is 60.1 Å². The summed E-state index contributed by atoms with van der Waals surface area (Å²) in [7, 11) is 10.1. The zero-order valence-corrected chi connectivity index (χ0v) is 60.9. The normalized spacial score (nSPS) is 10.9. The molecule has 25 heteroatoms. The third-order valence-electron chi connectivity index (χ3n) is 15.9. The molecule has 0 spiro atoms. The third kappa shape index (κ3) is 15.6. The number of ketones is 2. The van der Waals surface area contributed by atoms with E-state index >= 15 is 0 Å². The van der Waals surface area contributed by atoms with Crippen LogP contribution in [-0.2, 0) is 55.8 Å². The predicted molar refractivity (Wildman–Crippen MR) is 392 cm³/mol. The van der Waals surface area contributed by atoms with Gasteiger partial charge in [-0.1, -0.05) is 117 Å². The van der Waals surface area contributed by atoms with E-state index < -0.39 is 10.8 Å². The molecule has 0 atom stereocenters. The van der Waals surface area contributed by atoms with Gasteiger partial charge >= 0.3 is 0 Å². The van der Waals surface area contributed by atoms with Crippen LogP contribution in [0, 0.1) is 72.5 Å². The summed E-state index contributed by atoms with van der Waals surface area (Å²) >= 11 is 41.3. The Kier molecular flexibility index (Phi) is 24.9. The Morgan fingerprint density at radius 3 is 1.31 bits per heavy atom. The van der Waals surface area contributed by atoms with Gasteiger partial charge in [0.05, 0.1) is 91.4 Å². The van der Waals surface area contributed by atoms with Crippen LogP contribution >= 0.6 is 85.5 Å². The number of ether oxygens (including phenoxy) is 3. The van der Waals surface area contributed by atoms with Gasteiger partial charge in [0.15, 0.2) is 0 Å². The van der Waals surface area contributed by atoms with E-state index in [1.165, 1.54) is 13.8 Å². The lowest BCUT2D eigenvalue weighted by molar-refractivity contribution is -0.122. The molecule has 18 nitrogen and oxygen atoms in total. The number of rotatable bonds is 13. The summed E-state index contributed by atoms with van der Waals surface area (Å²) in [6.07, 6.45) is 4.76. The van der Waals surface area contributed by atoms with Crippen molar-refractivity contribution in [2.45, 2.75) is 66.2 Å². The SMILES string of the molecule is C#CCOC.CC(=O)C(C)(C)c1cc(Br)c2nc(Nc3c(Cl)cccc3Cl)n(C)c2c1C#N.COCC#Cc1cc(C(C)(C)C(C)=O)c(C#N)c2c1nc(Nc1c(Cl)cccc1Cl)n2C.COCC#Cc1cc2c(C)c(C)[nH]c(=O)c2c2c1nc(Nc1c(Cl)cccc1Cl)n2C. The second-order valence-electron chi connectivity index (χ2n) is 22.6. The monoisotopic (exact) mass is 1470 g/mol. The van der Waals surface area contributed by atoms with E-state index in [4.69, 9.17) is 95.5 Å². The van der Waals surface area contributed by atoms with E-state index in [0.717, 1.165) is 16.6 Å². The number of Topliss-reactive ketones (excluding diaryl/α,β-unsaturated/α-hetero) is 2. The number of nitriles is 2. The number of aromatic nitrogens is 7. The van der Waals surface area contributed by atoms with Crippen molar-refractivity contribution in [1.29, 1.82) is 10.5 Å². The molecule has 0 unspecified atom stereocenters. The molecule has 10 aromatic rings. The number of aromatic amines is 1. The van der Waals surface area contributed by atoms with Gasteiger partial charge in [-0.15, -0.1) is 6.42 Å². The molecule has 4 heterocycles. The minimum atomic E-state index is -0.888. The van der Waals surface area contributed by atoms with Crippen LogP contribution in [0.5, 0.6) is 0 Å². The van der Waals surface area contributed by atoms with E-state index in [9.17, 15) is 24.9 Å². The van der Waals surface area contributed by atoms with Crippen LogP contribution in [0.1, 0.15) is 86.2 Å². The van der Waals surface area contributed by atoms with Crippen LogP contribution in [0.15, 0.2) is 82.1 Å². The van der Waals surface area contributed by atoms with Crippen molar-refractivity contribution in [3.8, 4) is 48.2 Å². The number of halogens is 7. The van der Waals surface area contributed by atoms with Gasteiger partial charge in [-0.3, -0.25) is 14.4 Å². The highest BCUT2D eigenvalue weighted by molar-refractivity contribution is 9.10. The lowest BCUT2D eigenvalue weighted by atomic mass is 9.78. The highest BCUT2D eigenvalue weighted by Crippen LogP contribution is 2.42. The first-order valence-corrected chi connectivity index (χ1v) is 32.1. The molecule has 0 aliphatic rings. The summed E-state index contributed by atoms with van der Waals surface area (Å²) in [6.45, 7) is 15.0. The number of nitrogens with one attached hydrogen (secondary N) is 4. The first-order valence-electron chi connectivity index (χ1n) is 29.1. The summed E-state index contributed by atoms with van der Waals surface area (Å²) in [4.78, 5) is 54.6. The Labute approximate surface area is 594 Å². The second kappa shape index (κ2) is 32.0. The van der Waals surface area contributed by atoms with Crippen molar-refractivity contribution in [2.24, 2.45) is 21.1 Å². The van der Waals surface area contributed by atoms with Crippen LogP contribution in [0.4, 0.5) is 34.9 Å². The predicted octanol–water partition coefficient (Wildman–Crippen LogP) is 16.8. The van der Waals surface area contributed by atoms with E-state index in [0.29, 0.717) is 155 Å². The van der Waals surface area contributed by atoms with Crippen LogP contribution in [0.3, 0.4) is 0 Å². The third-order valence-corrected chi connectivity index (χ3v) is 18.4. The molecule has 0 saturated carbocycles. The van der Waals surface area contributed by atoms with Gasteiger partial charge < -0.3 is 48.8 Å². The Bertz CT molecular complexity index is 5000. The minimum absolute atomic E-state index is 0.0291. The Balaban J connectivity index is 0.000000196. The lowest BCUT2D eigenvalue weighted by Gasteiger charge is -2.24. The molecular formula is C71H65BrCl6N12O6. The first kappa shape index (κ1) is 74.8. The fourth-order valence-electron chi connectivity index (χ4n) is 9.96. The summed E-state index contributed by atoms with van der Waals surface area (Å²) in [5.74, 6) is 15.7. The highest BCUT2D eigenvalue weighted by atomic mass is 79.9. The number of terminal acetylenes is 1. The molecule has 0 fully saturated rings. The number of hydrogen-bond donors (Lipinski definition) is 4. The molecule has 4 aromatic heterocycles. The summed E-state index contributed by atoms with van der Waals surface area (Å²) < 4.78 is 20.6. The van der Waals surface area contributed by atoms with Crippen molar-refractivity contribution in [2.75, 3.05) is 57.1 Å². The number of methoxy groups -OCH3 is 3. The van der Waals surface area contributed by atoms with E-state index in [-0.39, 0.29) is 23.7 Å². The van der Waals surface area contributed by atoms with Gasteiger partial charge in [0.25, 0.3) is 5.56 Å². The zero-order valence-electron chi connectivity index (χ0n) is 54.8. The number of fused-ring (bicyclic) bond motifs is 5. The number of nitrogens with zero attached hydrogens (tertiary/aromatic N) is 8. The molecule has 6 aromatic carbocycles. The lowest BCUT2D eigenvalue weighted by Crippen LogP contribution is -2.28. The number of carbonyl (C=O) groups excluding carboxylic acids is 2. The number of benzene rings is 6.